The van der Waals surface area contributed by atoms with Crippen molar-refractivity contribution in [2.75, 3.05) is 5.75 Å². The van der Waals surface area contributed by atoms with Gasteiger partial charge in [0.25, 0.3) is 0 Å². The van der Waals surface area contributed by atoms with Crippen molar-refractivity contribution in [3.8, 4) is 0 Å². The summed E-state index contributed by atoms with van der Waals surface area (Å²) in [5.74, 6) is 0.700. The van der Waals surface area contributed by atoms with E-state index in [1.807, 2.05) is 30.3 Å². The largest absolute Gasteiger partial charge is 0.287 e. The Bertz CT molecular complexity index is 279. The predicted octanol–water partition coefficient (Wildman–Crippen LogP) is 2.67. The number of carbonyl (C=O) groups is 1. The van der Waals surface area contributed by atoms with E-state index >= 15 is 0 Å². The fraction of sp³-hybridized carbons (Fsp3) is 0.182. The van der Waals surface area contributed by atoms with E-state index in [1.54, 1.807) is 6.08 Å². The molecule has 0 unspecified atom stereocenters. The summed E-state index contributed by atoms with van der Waals surface area (Å²) >= 11 is 1.31. The lowest BCUT2D eigenvalue weighted by molar-refractivity contribution is -0.110. The summed E-state index contributed by atoms with van der Waals surface area (Å²) in [6.45, 7) is 3.57. The zero-order valence-electron chi connectivity index (χ0n) is 7.40. The van der Waals surface area contributed by atoms with E-state index in [0.717, 1.165) is 5.56 Å². The standard InChI is InChI=1S/C11H12OS/c1-2-8-13-11(12)9-10-6-4-3-5-7-10/h2-7H,1,8-9H2. The molecule has 1 rings (SSSR count). The zero-order chi connectivity index (χ0) is 9.52. The molecule has 0 heterocycles. The quantitative estimate of drug-likeness (QED) is 0.682. The second kappa shape index (κ2) is 5.60. The predicted molar refractivity (Wildman–Crippen MR) is 57.8 cm³/mol. The topological polar surface area (TPSA) is 17.1 Å². The van der Waals surface area contributed by atoms with E-state index in [0.29, 0.717) is 12.2 Å². The van der Waals surface area contributed by atoms with Crippen LogP contribution >= 0.6 is 11.8 Å². The van der Waals surface area contributed by atoms with Gasteiger partial charge in [0.15, 0.2) is 5.12 Å². The Morgan fingerprint density at radius 2 is 2.08 bits per heavy atom. The summed E-state index contributed by atoms with van der Waals surface area (Å²) in [6.07, 6.45) is 2.26. The van der Waals surface area contributed by atoms with Crippen LogP contribution in [0.2, 0.25) is 0 Å². The Morgan fingerprint density at radius 3 is 2.69 bits per heavy atom. The first-order chi connectivity index (χ1) is 6.33. The third kappa shape index (κ3) is 3.95. The van der Waals surface area contributed by atoms with Crippen molar-refractivity contribution in [3.63, 3.8) is 0 Å². The smallest absolute Gasteiger partial charge is 0.193 e. The maximum absolute atomic E-state index is 11.3. The minimum atomic E-state index is 0.200. The van der Waals surface area contributed by atoms with Crippen molar-refractivity contribution in [2.24, 2.45) is 0 Å². The van der Waals surface area contributed by atoms with E-state index in [4.69, 9.17) is 0 Å². The van der Waals surface area contributed by atoms with E-state index in [1.165, 1.54) is 11.8 Å². The Kier molecular flexibility index (Phi) is 4.33. The Labute approximate surface area is 82.9 Å². The third-order valence-electron chi connectivity index (χ3n) is 1.55. The number of hydrogen-bond acceptors (Lipinski definition) is 2. The van der Waals surface area contributed by atoms with Gasteiger partial charge in [0, 0.05) is 12.2 Å². The summed E-state index contributed by atoms with van der Waals surface area (Å²) in [5, 5.41) is 0.200. The van der Waals surface area contributed by atoms with Gasteiger partial charge in [0.05, 0.1) is 0 Å². The van der Waals surface area contributed by atoms with Crippen molar-refractivity contribution >= 4 is 16.9 Å². The molecule has 0 atom stereocenters. The Hall–Kier alpha value is -1.02. The average Bonchev–Trinajstić information content (AvgIpc) is 2.16. The van der Waals surface area contributed by atoms with Crippen LogP contribution in [0, 0.1) is 0 Å². The van der Waals surface area contributed by atoms with Crippen molar-refractivity contribution in [3.05, 3.63) is 48.6 Å². The number of rotatable bonds is 4. The van der Waals surface area contributed by atoms with Gasteiger partial charge in [-0.15, -0.1) is 6.58 Å². The molecule has 0 radical (unpaired) electrons. The normalized spacial score (nSPS) is 9.54. The molecule has 0 fully saturated rings. The van der Waals surface area contributed by atoms with Crippen LogP contribution in [0.15, 0.2) is 43.0 Å². The zero-order valence-corrected chi connectivity index (χ0v) is 8.22. The first-order valence-corrected chi connectivity index (χ1v) is 5.12. The summed E-state index contributed by atoms with van der Waals surface area (Å²) in [5.41, 5.74) is 1.07. The fourth-order valence-electron chi connectivity index (χ4n) is 0.965. The SMILES string of the molecule is C=CCSC(=O)Cc1ccccc1. The highest BCUT2D eigenvalue weighted by atomic mass is 32.2. The van der Waals surface area contributed by atoms with Crippen LogP contribution < -0.4 is 0 Å². The van der Waals surface area contributed by atoms with Crippen LogP contribution in [0.25, 0.3) is 0 Å². The highest BCUT2D eigenvalue weighted by Gasteiger charge is 2.01. The monoisotopic (exact) mass is 192 g/mol. The van der Waals surface area contributed by atoms with Gasteiger partial charge in [-0.25, -0.2) is 0 Å². The first kappa shape index (κ1) is 10.1. The summed E-state index contributed by atoms with van der Waals surface area (Å²) in [4.78, 5) is 11.3. The molecule has 0 saturated heterocycles. The van der Waals surface area contributed by atoms with Crippen molar-refractivity contribution in [2.45, 2.75) is 6.42 Å². The van der Waals surface area contributed by atoms with Gasteiger partial charge in [0.2, 0.25) is 0 Å². The van der Waals surface area contributed by atoms with Crippen molar-refractivity contribution in [1.82, 2.24) is 0 Å². The van der Waals surface area contributed by atoms with Crippen LogP contribution in [-0.4, -0.2) is 10.9 Å². The van der Waals surface area contributed by atoms with Crippen molar-refractivity contribution in [1.29, 1.82) is 0 Å². The van der Waals surface area contributed by atoms with Gasteiger partial charge in [0.1, 0.15) is 0 Å². The molecule has 0 aromatic heterocycles. The molecule has 0 spiro atoms. The number of benzene rings is 1. The molecule has 68 valence electrons. The van der Waals surface area contributed by atoms with Gasteiger partial charge in [-0.05, 0) is 5.56 Å². The molecule has 0 N–H and O–H groups in total. The average molecular weight is 192 g/mol. The second-order valence-electron chi connectivity index (χ2n) is 2.63. The molecule has 0 amide bonds. The highest BCUT2D eigenvalue weighted by Crippen LogP contribution is 2.08. The fourth-order valence-corrected chi connectivity index (χ4v) is 1.54. The molecule has 0 aliphatic rings. The summed E-state index contributed by atoms with van der Waals surface area (Å²) in [6, 6.07) is 9.77. The number of thioether (sulfide) groups is 1. The van der Waals surface area contributed by atoms with Gasteiger partial charge < -0.3 is 0 Å². The maximum Gasteiger partial charge on any atom is 0.193 e. The molecule has 0 aliphatic carbocycles. The Balaban J connectivity index is 2.41. The van der Waals surface area contributed by atoms with E-state index in [-0.39, 0.29) is 5.12 Å². The lowest BCUT2D eigenvalue weighted by Gasteiger charge is -1.98. The van der Waals surface area contributed by atoms with E-state index in [9.17, 15) is 4.79 Å². The summed E-state index contributed by atoms with van der Waals surface area (Å²) < 4.78 is 0. The van der Waals surface area contributed by atoms with Gasteiger partial charge in [-0.3, -0.25) is 4.79 Å². The highest BCUT2D eigenvalue weighted by molar-refractivity contribution is 8.13. The minimum Gasteiger partial charge on any atom is -0.287 e. The summed E-state index contributed by atoms with van der Waals surface area (Å²) in [7, 11) is 0. The molecule has 1 aromatic rings. The molecule has 1 aromatic carbocycles. The van der Waals surface area contributed by atoms with E-state index in [2.05, 4.69) is 6.58 Å². The first-order valence-electron chi connectivity index (χ1n) is 4.13. The minimum absolute atomic E-state index is 0.200. The molecule has 13 heavy (non-hydrogen) atoms. The number of hydrogen-bond donors (Lipinski definition) is 0. The molecule has 0 aliphatic heterocycles. The van der Waals surface area contributed by atoms with Crippen LogP contribution in [0.4, 0.5) is 0 Å². The number of carbonyl (C=O) groups excluding carboxylic acids is 1. The lowest BCUT2D eigenvalue weighted by atomic mass is 10.2. The van der Waals surface area contributed by atoms with Gasteiger partial charge >= 0.3 is 0 Å². The molecular formula is C11H12OS. The van der Waals surface area contributed by atoms with Crippen LogP contribution in [-0.2, 0) is 11.2 Å². The lowest BCUT2D eigenvalue weighted by Crippen LogP contribution is -1.97. The maximum atomic E-state index is 11.3. The second-order valence-corrected chi connectivity index (χ2v) is 3.71. The van der Waals surface area contributed by atoms with Crippen LogP contribution in [0.1, 0.15) is 5.56 Å². The van der Waals surface area contributed by atoms with Gasteiger partial charge in [-0.2, -0.15) is 0 Å². The molecule has 1 nitrogen and oxygen atoms in total. The van der Waals surface area contributed by atoms with E-state index < -0.39 is 0 Å². The van der Waals surface area contributed by atoms with Crippen molar-refractivity contribution < 1.29 is 4.79 Å². The van der Waals surface area contributed by atoms with Gasteiger partial charge in [-0.1, -0.05) is 48.2 Å². The molecule has 2 heteroatoms. The van der Waals surface area contributed by atoms with Crippen LogP contribution in [0.3, 0.4) is 0 Å². The molecule has 0 saturated carbocycles. The molecular weight excluding hydrogens is 180 g/mol. The van der Waals surface area contributed by atoms with Crippen LogP contribution in [0.5, 0.6) is 0 Å². The third-order valence-corrected chi connectivity index (χ3v) is 2.42. The Morgan fingerprint density at radius 1 is 1.38 bits per heavy atom. The molecule has 0 bridgehead atoms.